The van der Waals surface area contributed by atoms with Crippen LogP contribution in [-0.2, 0) is 9.78 Å². The van der Waals surface area contributed by atoms with Gasteiger partial charge in [0.25, 0.3) is 0 Å². The van der Waals surface area contributed by atoms with E-state index in [0.717, 1.165) is 24.0 Å². The number of Topliss-reactive ketones (excluding diaryl/α,β-unsaturated/α-hetero) is 2. The molecule has 0 aliphatic carbocycles. The fourth-order valence-electron chi connectivity index (χ4n) is 3.12. The molecular formula is C22H24O4. The number of carbonyl (C=O) groups is 2. The Bertz CT molecular complexity index is 786. The lowest BCUT2D eigenvalue weighted by Gasteiger charge is -2.19. The van der Waals surface area contributed by atoms with Gasteiger partial charge in [-0.25, -0.2) is 0 Å². The first-order chi connectivity index (χ1) is 12.5. The zero-order chi connectivity index (χ0) is 18.7. The van der Waals surface area contributed by atoms with E-state index in [1.807, 2.05) is 38.1 Å². The predicted octanol–water partition coefficient (Wildman–Crippen LogP) is 4.83. The van der Waals surface area contributed by atoms with Crippen molar-refractivity contribution >= 4 is 11.6 Å². The molecular weight excluding hydrogens is 328 g/mol. The Kier molecular flexibility index (Phi) is 5.35. The lowest BCUT2D eigenvalue weighted by atomic mass is 9.82. The quantitative estimate of drug-likeness (QED) is 0.388. The maximum atomic E-state index is 13.1. The molecule has 2 aromatic rings. The van der Waals surface area contributed by atoms with Gasteiger partial charge in [-0.15, -0.1) is 0 Å². The first kappa shape index (κ1) is 18.5. The molecule has 1 heterocycles. The van der Waals surface area contributed by atoms with Gasteiger partial charge in [0.05, 0.1) is 5.92 Å². The van der Waals surface area contributed by atoms with Crippen molar-refractivity contribution in [2.24, 2.45) is 5.92 Å². The third kappa shape index (κ3) is 3.62. The van der Waals surface area contributed by atoms with Crippen LogP contribution < -0.4 is 0 Å². The van der Waals surface area contributed by atoms with Crippen molar-refractivity contribution < 1.29 is 19.4 Å². The highest BCUT2D eigenvalue weighted by atomic mass is 17.4. The summed E-state index contributed by atoms with van der Waals surface area (Å²) in [6.07, 6.45) is 2.28. The van der Waals surface area contributed by atoms with Gasteiger partial charge in [0.15, 0.2) is 5.78 Å². The van der Waals surface area contributed by atoms with E-state index in [-0.39, 0.29) is 11.6 Å². The molecule has 1 fully saturated rings. The number of unbranched alkanes of at least 4 members (excludes halogenated alkanes) is 1. The van der Waals surface area contributed by atoms with Crippen molar-refractivity contribution in [3.63, 3.8) is 0 Å². The van der Waals surface area contributed by atoms with Gasteiger partial charge >= 0.3 is 5.79 Å². The topological polar surface area (TPSA) is 59.2 Å². The number of hydrogen-bond acceptors (Lipinski definition) is 4. The fourth-order valence-corrected chi connectivity index (χ4v) is 3.12. The van der Waals surface area contributed by atoms with E-state index < -0.39 is 11.7 Å². The van der Waals surface area contributed by atoms with Gasteiger partial charge in [0.1, 0.15) is 0 Å². The van der Waals surface area contributed by atoms with Crippen LogP contribution in [0.3, 0.4) is 0 Å². The molecule has 0 radical (unpaired) electrons. The van der Waals surface area contributed by atoms with Crippen LogP contribution in [0.25, 0.3) is 0 Å². The van der Waals surface area contributed by atoms with E-state index in [2.05, 4.69) is 6.92 Å². The van der Waals surface area contributed by atoms with Crippen LogP contribution in [0.15, 0.2) is 48.5 Å². The lowest BCUT2D eigenvalue weighted by molar-refractivity contribution is 0.0686. The Morgan fingerprint density at radius 3 is 1.85 bits per heavy atom. The number of rotatable bonds is 8. The molecule has 1 aliphatic rings. The zero-order valence-electron chi connectivity index (χ0n) is 15.5. The van der Waals surface area contributed by atoms with Crippen molar-refractivity contribution in [2.75, 3.05) is 0 Å². The third-order valence-corrected chi connectivity index (χ3v) is 4.85. The van der Waals surface area contributed by atoms with Crippen molar-refractivity contribution in [3.05, 3.63) is 70.8 Å². The summed E-state index contributed by atoms with van der Waals surface area (Å²) in [5.41, 5.74) is 3.21. The van der Waals surface area contributed by atoms with E-state index in [9.17, 15) is 9.59 Å². The van der Waals surface area contributed by atoms with Crippen LogP contribution in [0.2, 0.25) is 0 Å². The van der Waals surface area contributed by atoms with Gasteiger partial charge in [0.2, 0.25) is 5.78 Å². The average molecular weight is 352 g/mol. The standard InChI is InChI=1S/C22H24O4/c1-4-5-6-19(20(23)17-11-7-15(2)8-12-17)22(25-26-22)21(24)18-13-9-16(3)10-14-18/h7-14,19H,4-6H2,1-3H3. The summed E-state index contributed by atoms with van der Waals surface area (Å²) in [4.78, 5) is 36.6. The molecule has 4 heteroatoms. The molecule has 1 aliphatic heterocycles. The third-order valence-electron chi connectivity index (χ3n) is 4.85. The van der Waals surface area contributed by atoms with Gasteiger partial charge < -0.3 is 0 Å². The van der Waals surface area contributed by atoms with Gasteiger partial charge in [-0.3, -0.25) is 9.59 Å². The molecule has 2 aromatic carbocycles. The molecule has 0 saturated carbocycles. The Hall–Kier alpha value is -2.30. The van der Waals surface area contributed by atoms with Gasteiger partial charge in [-0.05, 0) is 20.3 Å². The first-order valence-corrected chi connectivity index (χ1v) is 9.07. The normalized spacial score (nSPS) is 16.1. The largest absolute Gasteiger partial charge is 0.305 e. The van der Waals surface area contributed by atoms with E-state index in [1.165, 1.54) is 0 Å². The Morgan fingerprint density at radius 2 is 1.38 bits per heavy atom. The molecule has 1 saturated heterocycles. The summed E-state index contributed by atoms with van der Waals surface area (Å²) < 4.78 is 0. The smallest absolute Gasteiger partial charge is 0.294 e. The summed E-state index contributed by atoms with van der Waals surface area (Å²) in [6, 6.07) is 14.6. The Morgan fingerprint density at radius 1 is 0.885 bits per heavy atom. The van der Waals surface area contributed by atoms with Crippen molar-refractivity contribution in [1.29, 1.82) is 0 Å². The van der Waals surface area contributed by atoms with Crippen LogP contribution in [0.5, 0.6) is 0 Å². The SMILES string of the molecule is CCCCC(C(=O)c1ccc(C)cc1)C1(C(=O)c2ccc(C)cc2)OO1. The predicted molar refractivity (Wildman–Crippen MR) is 98.9 cm³/mol. The second-order valence-corrected chi connectivity index (χ2v) is 6.95. The molecule has 4 nitrogen and oxygen atoms in total. The van der Waals surface area contributed by atoms with E-state index in [4.69, 9.17) is 9.78 Å². The first-order valence-electron chi connectivity index (χ1n) is 9.07. The second-order valence-electron chi connectivity index (χ2n) is 6.95. The molecule has 0 amide bonds. The minimum atomic E-state index is -1.49. The van der Waals surface area contributed by atoms with Crippen molar-refractivity contribution in [1.82, 2.24) is 0 Å². The minimum absolute atomic E-state index is 0.114. The highest BCUT2D eigenvalue weighted by molar-refractivity contribution is 6.08. The molecule has 26 heavy (non-hydrogen) atoms. The maximum absolute atomic E-state index is 13.1. The molecule has 0 aromatic heterocycles. The average Bonchev–Trinajstić information content (AvgIpc) is 3.44. The van der Waals surface area contributed by atoms with Crippen molar-refractivity contribution in [2.45, 2.75) is 45.8 Å². The fraction of sp³-hybridized carbons (Fsp3) is 0.364. The number of ketones is 2. The number of aryl methyl sites for hydroxylation is 2. The maximum Gasteiger partial charge on any atom is 0.305 e. The Balaban J connectivity index is 1.91. The van der Waals surface area contributed by atoms with Crippen LogP contribution in [0.4, 0.5) is 0 Å². The summed E-state index contributed by atoms with van der Waals surface area (Å²) in [6.45, 7) is 5.98. The van der Waals surface area contributed by atoms with Gasteiger partial charge in [-0.1, -0.05) is 79.4 Å². The van der Waals surface area contributed by atoms with Crippen LogP contribution in [0.1, 0.15) is 58.0 Å². The molecule has 3 rings (SSSR count). The number of hydrogen-bond donors (Lipinski definition) is 0. The van der Waals surface area contributed by atoms with Crippen LogP contribution in [-0.4, -0.2) is 17.4 Å². The zero-order valence-corrected chi connectivity index (χ0v) is 15.5. The monoisotopic (exact) mass is 352 g/mol. The number of benzene rings is 2. The van der Waals surface area contributed by atoms with E-state index in [1.54, 1.807) is 24.3 Å². The summed E-state index contributed by atoms with van der Waals surface area (Å²) in [5, 5.41) is 0. The van der Waals surface area contributed by atoms with Gasteiger partial charge in [0, 0.05) is 11.1 Å². The molecule has 1 atom stereocenters. The minimum Gasteiger partial charge on any atom is -0.294 e. The van der Waals surface area contributed by atoms with Crippen LogP contribution >= 0.6 is 0 Å². The van der Waals surface area contributed by atoms with Crippen LogP contribution in [0, 0.1) is 19.8 Å². The lowest BCUT2D eigenvalue weighted by Crippen LogP contribution is -2.38. The summed E-state index contributed by atoms with van der Waals surface area (Å²) in [5.74, 6) is -2.55. The highest BCUT2D eigenvalue weighted by Crippen LogP contribution is 2.44. The summed E-state index contributed by atoms with van der Waals surface area (Å²) in [7, 11) is 0. The molecule has 0 bridgehead atoms. The molecule has 1 unspecified atom stereocenters. The Labute approximate surface area is 154 Å². The van der Waals surface area contributed by atoms with Gasteiger partial charge in [-0.2, -0.15) is 9.78 Å². The molecule has 0 N–H and O–H groups in total. The highest BCUT2D eigenvalue weighted by Gasteiger charge is 2.64. The van der Waals surface area contributed by atoms with E-state index in [0.29, 0.717) is 17.5 Å². The summed E-state index contributed by atoms with van der Waals surface area (Å²) >= 11 is 0. The van der Waals surface area contributed by atoms with E-state index >= 15 is 0 Å². The van der Waals surface area contributed by atoms with Crippen molar-refractivity contribution in [3.8, 4) is 0 Å². The second kappa shape index (κ2) is 7.52. The molecule has 136 valence electrons. The molecule has 0 spiro atoms. The number of carbonyl (C=O) groups excluding carboxylic acids is 2.